The number of carbonyl (C=O) groups is 1. The molecule has 1 amide bonds. The van der Waals surface area contributed by atoms with Crippen LogP contribution in [0.4, 0.5) is 5.82 Å². The maximum absolute atomic E-state index is 11.9. The van der Waals surface area contributed by atoms with E-state index in [1.54, 1.807) is 13.0 Å². The summed E-state index contributed by atoms with van der Waals surface area (Å²) in [4.78, 5) is 16.0. The molecule has 17 heavy (non-hydrogen) atoms. The molecule has 1 fully saturated rings. The van der Waals surface area contributed by atoms with Crippen LogP contribution in [0.2, 0.25) is 0 Å². The maximum Gasteiger partial charge on any atom is 0.230 e. The molecular weight excluding hydrogens is 218 g/mol. The molecule has 0 aliphatic heterocycles. The van der Waals surface area contributed by atoms with E-state index in [0.717, 1.165) is 25.0 Å². The summed E-state index contributed by atoms with van der Waals surface area (Å²) in [5.74, 6) is -0.121. The Bertz CT molecular complexity index is 434. The van der Waals surface area contributed by atoms with Crippen molar-refractivity contribution in [2.45, 2.75) is 32.2 Å². The van der Waals surface area contributed by atoms with Crippen LogP contribution in [0.5, 0.6) is 5.75 Å². The molecule has 5 heteroatoms. The Labute approximate surface area is 100 Å². The lowest BCUT2D eigenvalue weighted by atomic mass is 10.0. The Morgan fingerprint density at radius 3 is 2.94 bits per heavy atom. The number of hydrogen-bond donors (Lipinski definition) is 3. The van der Waals surface area contributed by atoms with E-state index in [1.165, 1.54) is 6.07 Å². The normalized spacial score (nSPS) is 23.6. The van der Waals surface area contributed by atoms with E-state index >= 15 is 0 Å². The van der Waals surface area contributed by atoms with Gasteiger partial charge in [-0.3, -0.25) is 4.79 Å². The SMILES string of the molecule is Cc1ccc(O)c(NC(=O)C2CCCC2N)n1. The van der Waals surface area contributed by atoms with E-state index in [4.69, 9.17) is 5.73 Å². The first-order valence-corrected chi connectivity index (χ1v) is 5.81. The second-order valence-corrected chi connectivity index (χ2v) is 4.51. The molecule has 1 aliphatic rings. The number of nitrogens with one attached hydrogen (secondary N) is 1. The third-order valence-electron chi connectivity index (χ3n) is 3.16. The van der Waals surface area contributed by atoms with E-state index in [1.807, 2.05) is 0 Å². The lowest BCUT2D eigenvalue weighted by molar-refractivity contribution is -0.120. The lowest BCUT2D eigenvalue weighted by Gasteiger charge is -2.15. The van der Waals surface area contributed by atoms with Crippen molar-refractivity contribution in [3.8, 4) is 5.75 Å². The molecule has 92 valence electrons. The molecular formula is C12H17N3O2. The van der Waals surface area contributed by atoms with Crippen molar-refractivity contribution < 1.29 is 9.90 Å². The van der Waals surface area contributed by atoms with Gasteiger partial charge >= 0.3 is 0 Å². The number of carbonyl (C=O) groups excluding carboxylic acids is 1. The van der Waals surface area contributed by atoms with E-state index in [2.05, 4.69) is 10.3 Å². The van der Waals surface area contributed by atoms with Crippen LogP contribution in [-0.2, 0) is 4.79 Å². The van der Waals surface area contributed by atoms with Crippen LogP contribution in [0.15, 0.2) is 12.1 Å². The molecule has 2 rings (SSSR count). The molecule has 1 heterocycles. The summed E-state index contributed by atoms with van der Waals surface area (Å²) in [5, 5.41) is 12.2. The zero-order valence-electron chi connectivity index (χ0n) is 9.81. The second-order valence-electron chi connectivity index (χ2n) is 4.51. The number of aromatic hydroxyl groups is 1. The first-order chi connectivity index (χ1) is 8.08. The monoisotopic (exact) mass is 235 g/mol. The average Bonchev–Trinajstić information content (AvgIpc) is 2.70. The summed E-state index contributed by atoms with van der Waals surface area (Å²) in [7, 11) is 0. The minimum atomic E-state index is -0.170. The molecule has 5 nitrogen and oxygen atoms in total. The quantitative estimate of drug-likeness (QED) is 0.717. The number of anilines is 1. The first kappa shape index (κ1) is 11.9. The maximum atomic E-state index is 11.9. The number of amides is 1. The molecule has 4 N–H and O–H groups in total. The van der Waals surface area contributed by atoms with Gasteiger partial charge in [-0.25, -0.2) is 4.98 Å². The standard InChI is InChI=1S/C12H17N3O2/c1-7-5-6-10(16)11(14-7)15-12(17)8-3-2-4-9(8)13/h5-6,8-9,16H,2-4,13H2,1H3,(H,14,15,17). The molecule has 0 spiro atoms. The van der Waals surface area contributed by atoms with Gasteiger partial charge in [-0.15, -0.1) is 0 Å². The number of hydrogen-bond acceptors (Lipinski definition) is 4. The fraction of sp³-hybridized carbons (Fsp3) is 0.500. The molecule has 0 radical (unpaired) electrons. The highest BCUT2D eigenvalue weighted by Gasteiger charge is 2.30. The van der Waals surface area contributed by atoms with E-state index < -0.39 is 0 Å². The average molecular weight is 235 g/mol. The van der Waals surface area contributed by atoms with Crippen molar-refractivity contribution in [2.24, 2.45) is 11.7 Å². The van der Waals surface area contributed by atoms with Crippen molar-refractivity contribution in [3.05, 3.63) is 17.8 Å². The van der Waals surface area contributed by atoms with Crippen LogP contribution < -0.4 is 11.1 Å². The molecule has 1 aromatic heterocycles. The van der Waals surface area contributed by atoms with Gasteiger partial charge in [-0.2, -0.15) is 0 Å². The predicted molar refractivity (Wildman–Crippen MR) is 64.6 cm³/mol. The summed E-state index contributed by atoms with van der Waals surface area (Å²) in [6.07, 6.45) is 2.66. The zero-order valence-corrected chi connectivity index (χ0v) is 9.81. The Morgan fingerprint density at radius 1 is 1.53 bits per heavy atom. The van der Waals surface area contributed by atoms with E-state index in [0.29, 0.717) is 0 Å². The van der Waals surface area contributed by atoms with Crippen LogP contribution in [-0.4, -0.2) is 22.0 Å². The van der Waals surface area contributed by atoms with Gasteiger partial charge < -0.3 is 16.2 Å². The fourth-order valence-electron chi connectivity index (χ4n) is 2.17. The van der Waals surface area contributed by atoms with E-state index in [9.17, 15) is 9.90 Å². The molecule has 1 aromatic rings. The Morgan fingerprint density at radius 2 is 2.29 bits per heavy atom. The summed E-state index contributed by atoms with van der Waals surface area (Å²) < 4.78 is 0. The fourth-order valence-corrected chi connectivity index (χ4v) is 2.17. The number of nitrogens with two attached hydrogens (primary N) is 1. The summed E-state index contributed by atoms with van der Waals surface area (Å²) >= 11 is 0. The van der Waals surface area contributed by atoms with Crippen LogP contribution in [0.25, 0.3) is 0 Å². The minimum absolute atomic E-state index is 0.0180. The van der Waals surface area contributed by atoms with Gasteiger partial charge in [0.2, 0.25) is 5.91 Å². The molecule has 0 bridgehead atoms. The molecule has 0 aromatic carbocycles. The van der Waals surface area contributed by atoms with Crippen LogP contribution in [0.3, 0.4) is 0 Å². The van der Waals surface area contributed by atoms with Gasteiger partial charge in [0.1, 0.15) is 0 Å². The van der Waals surface area contributed by atoms with Gasteiger partial charge in [0.25, 0.3) is 0 Å². The summed E-state index contributed by atoms with van der Waals surface area (Å²) in [6, 6.07) is 3.13. The predicted octanol–water partition coefficient (Wildman–Crippen LogP) is 1.16. The molecule has 1 saturated carbocycles. The van der Waals surface area contributed by atoms with Crippen LogP contribution in [0, 0.1) is 12.8 Å². The zero-order chi connectivity index (χ0) is 12.4. The lowest BCUT2D eigenvalue weighted by Crippen LogP contribution is -2.34. The van der Waals surface area contributed by atoms with Crippen LogP contribution >= 0.6 is 0 Å². The van der Waals surface area contributed by atoms with Crippen molar-refractivity contribution in [3.63, 3.8) is 0 Å². The number of rotatable bonds is 2. The van der Waals surface area contributed by atoms with Crippen molar-refractivity contribution >= 4 is 11.7 Å². The summed E-state index contributed by atoms with van der Waals surface area (Å²) in [6.45, 7) is 1.80. The smallest absolute Gasteiger partial charge is 0.230 e. The highest BCUT2D eigenvalue weighted by molar-refractivity contribution is 5.93. The molecule has 0 saturated heterocycles. The topological polar surface area (TPSA) is 88.2 Å². The Hall–Kier alpha value is -1.62. The first-order valence-electron chi connectivity index (χ1n) is 5.81. The van der Waals surface area contributed by atoms with E-state index in [-0.39, 0.29) is 29.4 Å². The second kappa shape index (κ2) is 4.71. The van der Waals surface area contributed by atoms with Crippen molar-refractivity contribution in [2.75, 3.05) is 5.32 Å². The molecule has 1 aliphatic carbocycles. The highest BCUT2D eigenvalue weighted by atomic mass is 16.3. The largest absolute Gasteiger partial charge is 0.504 e. The van der Waals surface area contributed by atoms with Crippen molar-refractivity contribution in [1.82, 2.24) is 4.98 Å². The molecule has 2 unspecified atom stereocenters. The minimum Gasteiger partial charge on any atom is -0.504 e. The van der Waals surface area contributed by atoms with Crippen LogP contribution in [0.1, 0.15) is 25.0 Å². The third-order valence-corrected chi connectivity index (χ3v) is 3.16. The van der Waals surface area contributed by atoms with Gasteiger partial charge in [0, 0.05) is 11.7 Å². The number of aryl methyl sites for hydroxylation is 1. The highest BCUT2D eigenvalue weighted by Crippen LogP contribution is 2.27. The number of pyridine rings is 1. The van der Waals surface area contributed by atoms with Gasteiger partial charge in [0.15, 0.2) is 11.6 Å². The summed E-state index contributed by atoms with van der Waals surface area (Å²) in [5.41, 5.74) is 6.60. The third kappa shape index (κ3) is 2.55. The molecule has 2 atom stereocenters. The van der Waals surface area contributed by atoms with Gasteiger partial charge in [-0.05, 0) is 31.9 Å². The van der Waals surface area contributed by atoms with Gasteiger partial charge in [-0.1, -0.05) is 6.42 Å². The Balaban J connectivity index is 2.10. The Kier molecular flexibility index (Phi) is 3.28. The van der Waals surface area contributed by atoms with Crippen molar-refractivity contribution in [1.29, 1.82) is 0 Å². The van der Waals surface area contributed by atoms with Gasteiger partial charge in [0.05, 0.1) is 5.92 Å². The number of aromatic nitrogens is 1. The number of nitrogens with zero attached hydrogens (tertiary/aromatic N) is 1.